The Morgan fingerprint density at radius 1 is 1.03 bits per heavy atom. The van der Waals surface area contributed by atoms with Gasteiger partial charge in [0.05, 0.1) is 11.7 Å². The van der Waals surface area contributed by atoms with Crippen LogP contribution in [0.15, 0.2) is 85.2 Å². The smallest absolute Gasteiger partial charge is 0.224 e. The van der Waals surface area contributed by atoms with Crippen LogP contribution in [0.25, 0.3) is 5.69 Å². The first kappa shape index (κ1) is 23.8. The van der Waals surface area contributed by atoms with E-state index in [1.54, 1.807) is 0 Å². The van der Waals surface area contributed by atoms with Crippen LogP contribution in [0.4, 0.5) is 11.4 Å². The molecule has 0 saturated carbocycles. The van der Waals surface area contributed by atoms with Crippen molar-refractivity contribution < 1.29 is 4.79 Å². The van der Waals surface area contributed by atoms with E-state index in [0.717, 1.165) is 34.0 Å². The number of nitrogens with one attached hydrogen (secondary N) is 2. The van der Waals surface area contributed by atoms with Crippen molar-refractivity contribution in [1.82, 2.24) is 14.9 Å². The highest BCUT2D eigenvalue weighted by atomic mass is 32.1. The van der Waals surface area contributed by atoms with Crippen molar-refractivity contribution in [2.75, 3.05) is 10.2 Å². The molecular formula is C29H29N5OS. The van der Waals surface area contributed by atoms with Crippen LogP contribution < -0.4 is 15.5 Å². The molecule has 0 bridgehead atoms. The van der Waals surface area contributed by atoms with Gasteiger partial charge in [0.1, 0.15) is 6.04 Å². The minimum Gasteiger partial charge on any atom is -0.351 e. The van der Waals surface area contributed by atoms with Crippen LogP contribution in [-0.2, 0) is 4.79 Å². The summed E-state index contributed by atoms with van der Waals surface area (Å²) in [4.78, 5) is 18.8. The van der Waals surface area contributed by atoms with Crippen LogP contribution in [0.3, 0.4) is 0 Å². The molecule has 2 aromatic heterocycles. The summed E-state index contributed by atoms with van der Waals surface area (Å²) in [6.07, 6.45) is 4.35. The Hall–Kier alpha value is -3.97. The van der Waals surface area contributed by atoms with Crippen LogP contribution in [-0.4, -0.2) is 20.6 Å². The van der Waals surface area contributed by atoms with Crippen molar-refractivity contribution in [1.29, 1.82) is 0 Å². The van der Waals surface area contributed by atoms with Gasteiger partial charge < -0.3 is 20.1 Å². The fourth-order valence-electron chi connectivity index (χ4n) is 4.80. The van der Waals surface area contributed by atoms with Crippen molar-refractivity contribution >= 4 is 34.6 Å². The van der Waals surface area contributed by atoms with Crippen LogP contribution >= 0.6 is 12.2 Å². The number of rotatable bonds is 6. The molecule has 1 fully saturated rings. The van der Waals surface area contributed by atoms with Crippen molar-refractivity contribution in [3.63, 3.8) is 0 Å². The Balaban J connectivity index is 1.63. The highest BCUT2D eigenvalue weighted by Gasteiger charge is 2.42. The number of pyridine rings is 1. The largest absolute Gasteiger partial charge is 0.351 e. The molecule has 7 heteroatoms. The molecule has 0 radical (unpaired) electrons. The first-order valence-corrected chi connectivity index (χ1v) is 12.5. The number of hydrogen-bond donors (Lipinski definition) is 2. The lowest BCUT2D eigenvalue weighted by molar-refractivity contribution is -0.115. The van der Waals surface area contributed by atoms with Gasteiger partial charge >= 0.3 is 0 Å². The standard InChI is InChI=1S/C29H29N5OS/c1-4-26(35)31-22-15-14-21(18-20(22)3)34-28(27(32-29(34)36)23-11-7-8-16-30-23)25-13-9-17-33(25)24-12-6-5-10-19(24)2/h5-18,27-28H,4H2,1-3H3,(H,31,35)(H,32,36)/t27-,28+/m1/s1. The van der Waals surface area contributed by atoms with Gasteiger partial charge in [-0.3, -0.25) is 9.78 Å². The molecule has 6 nitrogen and oxygen atoms in total. The molecule has 36 heavy (non-hydrogen) atoms. The third-order valence-corrected chi connectivity index (χ3v) is 6.95. The van der Waals surface area contributed by atoms with E-state index in [1.165, 1.54) is 5.56 Å². The van der Waals surface area contributed by atoms with E-state index >= 15 is 0 Å². The van der Waals surface area contributed by atoms with Gasteiger partial charge in [-0.15, -0.1) is 0 Å². The topological polar surface area (TPSA) is 62.2 Å². The molecule has 1 amide bonds. The van der Waals surface area contributed by atoms with E-state index in [9.17, 15) is 4.79 Å². The summed E-state index contributed by atoms with van der Waals surface area (Å²) in [5.74, 6) is -0.00615. The summed E-state index contributed by atoms with van der Waals surface area (Å²) in [5.41, 5.74) is 7.10. The molecule has 1 aliphatic heterocycles. The van der Waals surface area contributed by atoms with E-state index < -0.39 is 0 Å². The van der Waals surface area contributed by atoms with Gasteiger partial charge in [0.25, 0.3) is 0 Å². The van der Waals surface area contributed by atoms with Gasteiger partial charge in [-0.25, -0.2) is 0 Å². The molecule has 182 valence electrons. The second-order valence-electron chi connectivity index (χ2n) is 8.99. The van der Waals surface area contributed by atoms with Gasteiger partial charge in [0.15, 0.2) is 5.11 Å². The summed E-state index contributed by atoms with van der Waals surface area (Å²) in [6, 6.07) is 24.3. The van der Waals surface area contributed by atoms with Crippen molar-refractivity contribution in [2.45, 2.75) is 39.3 Å². The molecule has 4 aromatic rings. The molecule has 5 rings (SSSR count). The summed E-state index contributed by atoms with van der Waals surface area (Å²) >= 11 is 5.91. The molecule has 0 spiro atoms. The van der Waals surface area contributed by atoms with Gasteiger partial charge in [0, 0.05) is 41.6 Å². The van der Waals surface area contributed by atoms with Gasteiger partial charge in [-0.1, -0.05) is 31.2 Å². The quantitative estimate of drug-likeness (QED) is 0.321. The number of amides is 1. The summed E-state index contributed by atoms with van der Waals surface area (Å²) in [6.45, 7) is 5.97. The van der Waals surface area contributed by atoms with Crippen molar-refractivity contribution in [3.05, 3.63) is 108 Å². The summed E-state index contributed by atoms with van der Waals surface area (Å²) in [5, 5.41) is 7.15. The third kappa shape index (κ3) is 4.38. The SMILES string of the molecule is CCC(=O)Nc1ccc(N2C(=S)N[C@H](c3ccccn3)[C@@H]2c2cccn2-c2ccccc2C)cc1C. The van der Waals surface area contributed by atoms with E-state index in [-0.39, 0.29) is 18.0 Å². The van der Waals surface area contributed by atoms with E-state index in [4.69, 9.17) is 12.2 Å². The number of para-hydroxylation sites is 1. The lowest BCUT2D eigenvalue weighted by Gasteiger charge is -2.29. The van der Waals surface area contributed by atoms with Crippen LogP contribution in [0.2, 0.25) is 0 Å². The maximum absolute atomic E-state index is 12.0. The highest BCUT2D eigenvalue weighted by Crippen LogP contribution is 2.43. The predicted molar refractivity (Wildman–Crippen MR) is 149 cm³/mol. The molecule has 2 aromatic carbocycles. The number of aromatic nitrogens is 2. The minimum absolute atomic E-state index is 0.00615. The Labute approximate surface area is 217 Å². The van der Waals surface area contributed by atoms with Gasteiger partial charge in [-0.05, 0) is 85.7 Å². The van der Waals surface area contributed by atoms with Crippen molar-refractivity contribution in [2.24, 2.45) is 0 Å². The zero-order valence-electron chi connectivity index (χ0n) is 20.6. The van der Waals surface area contributed by atoms with E-state index in [0.29, 0.717) is 11.5 Å². The maximum Gasteiger partial charge on any atom is 0.224 e. The lowest BCUT2D eigenvalue weighted by atomic mass is 10.00. The molecule has 1 aliphatic rings. The Morgan fingerprint density at radius 3 is 2.56 bits per heavy atom. The first-order valence-electron chi connectivity index (χ1n) is 12.1. The Kier molecular flexibility index (Phi) is 6.57. The highest BCUT2D eigenvalue weighted by molar-refractivity contribution is 7.80. The zero-order valence-corrected chi connectivity index (χ0v) is 21.4. The molecule has 1 saturated heterocycles. The van der Waals surface area contributed by atoms with Gasteiger partial charge in [-0.2, -0.15) is 0 Å². The number of carbonyl (C=O) groups is 1. The zero-order chi connectivity index (χ0) is 25.2. The third-order valence-electron chi connectivity index (χ3n) is 6.64. The first-order chi connectivity index (χ1) is 17.5. The summed E-state index contributed by atoms with van der Waals surface area (Å²) in [7, 11) is 0. The number of carbonyl (C=O) groups excluding carboxylic acids is 1. The van der Waals surface area contributed by atoms with Crippen LogP contribution in [0.5, 0.6) is 0 Å². The number of anilines is 2. The molecule has 0 aliphatic carbocycles. The second-order valence-corrected chi connectivity index (χ2v) is 9.37. The fraction of sp³-hybridized carbons (Fsp3) is 0.207. The van der Waals surface area contributed by atoms with Gasteiger partial charge in [0.2, 0.25) is 5.91 Å². The van der Waals surface area contributed by atoms with E-state index in [2.05, 4.69) is 80.7 Å². The number of aryl methyl sites for hydroxylation is 2. The predicted octanol–water partition coefficient (Wildman–Crippen LogP) is 6.01. The molecular weight excluding hydrogens is 466 g/mol. The molecule has 0 unspecified atom stereocenters. The van der Waals surface area contributed by atoms with E-state index in [1.807, 2.05) is 50.4 Å². The van der Waals surface area contributed by atoms with Crippen LogP contribution in [0, 0.1) is 13.8 Å². The molecule has 2 atom stereocenters. The number of benzene rings is 2. The maximum atomic E-state index is 12.0. The Bertz CT molecular complexity index is 1410. The Morgan fingerprint density at radius 2 is 1.83 bits per heavy atom. The average Bonchev–Trinajstić information content (AvgIpc) is 3.50. The average molecular weight is 496 g/mol. The number of thiocarbonyl (C=S) groups is 1. The minimum atomic E-state index is -0.142. The monoisotopic (exact) mass is 495 g/mol. The lowest BCUT2D eigenvalue weighted by Crippen LogP contribution is -2.30. The number of nitrogens with zero attached hydrogens (tertiary/aromatic N) is 3. The van der Waals surface area contributed by atoms with Crippen molar-refractivity contribution in [3.8, 4) is 5.69 Å². The normalized spacial score (nSPS) is 17.2. The molecule has 2 N–H and O–H groups in total. The number of hydrogen-bond acceptors (Lipinski definition) is 3. The fourth-order valence-corrected chi connectivity index (χ4v) is 5.14. The van der Waals surface area contributed by atoms with Crippen LogP contribution in [0.1, 0.15) is 47.9 Å². The second kappa shape index (κ2) is 9.95. The molecule has 3 heterocycles. The summed E-state index contributed by atoms with van der Waals surface area (Å²) < 4.78 is 2.24.